The van der Waals surface area contributed by atoms with E-state index in [4.69, 9.17) is 9.73 Å². The van der Waals surface area contributed by atoms with Crippen LogP contribution >= 0.6 is 11.3 Å². The van der Waals surface area contributed by atoms with Crippen molar-refractivity contribution in [3.05, 3.63) is 82.4 Å². The third-order valence-corrected chi connectivity index (χ3v) is 8.42. The topological polar surface area (TPSA) is 75.9 Å². The van der Waals surface area contributed by atoms with Gasteiger partial charge in [-0.15, -0.1) is 11.3 Å². The van der Waals surface area contributed by atoms with Gasteiger partial charge < -0.3 is 19.5 Å². The number of benzene rings is 2. The molecule has 2 aliphatic rings. The Balaban J connectivity index is 1.31. The molecule has 1 N–H and O–H groups in total. The van der Waals surface area contributed by atoms with Crippen molar-refractivity contribution >= 4 is 51.0 Å². The predicted molar refractivity (Wildman–Crippen MR) is 152 cm³/mol. The number of ether oxygens (including phenoxy) is 1. The highest BCUT2D eigenvalue weighted by Crippen LogP contribution is 2.40. The molecule has 194 valence electrons. The summed E-state index contributed by atoms with van der Waals surface area (Å²) in [5.74, 6) is -0.0235. The Morgan fingerprint density at radius 2 is 1.76 bits per heavy atom. The van der Waals surface area contributed by atoms with Gasteiger partial charge in [0, 0.05) is 52.5 Å². The van der Waals surface area contributed by atoms with Crippen LogP contribution in [0, 0.1) is 0 Å². The SMILES string of the molecule is O=C(Nc1ccccc1)c1c(N=Cc2cn(CC(=O)N3CCOCC3)c3ccccc23)sc2c1CCCC2. The van der Waals surface area contributed by atoms with Gasteiger partial charge in [0.1, 0.15) is 11.5 Å². The van der Waals surface area contributed by atoms with Crippen molar-refractivity contribution in [2.45, 2.75) is 32.2 Å². The number of aromatic nitrogens is 1. The second-order valence-corrected chi connectivity index (χ2v) is 10.8. The largest absolute Gasteiger partial charge is 0.378 e. The number of rotatable bonds is 6. The van der Waals surface area contributed by atoms with E-state index in [2.05, 4.69) is 11.4 Å². The van der Waals surface area contributed by atoms with Gasteiger partial charge in [-0.1, -0.05) is 36.4 Å². The van der Waals surface area contributed by atoms with Crippen LogP contribution in [0.5, 0.6) is 0 Å². The number of amides is 2. The Kier molecular flexibility index (Phi) is 7.07. The molecule has 0 saturated carbocycles. The predicted octanol–water partition coefficient (Wildman–Crippen LogP) is 5.44. The minimum absolute atomic E-state index is 0.0864. The normalized spacial score (nSPS) is 15.6. The summed E-state index contributed by atoms with van der Waals surface area (Å²) in [5.41, 5.74) is 4.52. The summed E-state index contributed by atoms with van der Waals surface area (Å²) in [7, 11) is 0. The number of hydrogen-bond donors (Lipinski definition) is 1. The van der Waals surface area contributed by atoms with E-state index >= 15 is 0 Å². The summed E-state index contributed by atoms with van der Waals surface area (Å²) in [4.78, 5) is 34.4. The monoisotopic (exact) mass is 526 g/mol. The third kappa shape index (κ3) is 5.01. The van der Waals surface area contributed by atoms with Crippen molar-refractivity contribution in [2.24, 2.45) is 4.99 Å². The molecule has 0 unspecified atom stereocenters. The molecule has 6 rings (SSSR count). The van der Waals surface area contributed by atoms with Crippen LogP contribution in [0.15, 0.2) is 65.8 Å². The number of thiophene rings is 1. The molecule has 0 bridgehead atoms. The van der Waals surface area contributed by atoms with Crippen molar-refractivity contribution in [3.63, 3.8) is 0 Å². The van der Waals surface area contributed by atoms with Gasteiger partial charge in [0.05, 0.1) is 18.8 Å². The van der Waals surface area contributed by atoms with Crippen LogP contribution in [-0.4, -0.2) is 53.8 Å². The third-order valence-electron chi connectivity index (χ3n) is 7.22. The number of aryl methyl sites for hydroxylation is 1. The van der Waals surface area contributed by atoms with Gasteiger partial charge in [0.25, 0.3) is 5.91 Å². The molecule has 2 aromatic carbocycles. The van der Waals surface area contributed by atoms with Gasteiger partial charge in [0.15, 0.2) is 0 Å². The highest BCUT2D eigenvalue weighted by Gasteiger charge is 2.25. The first-order chi connectivity index (χ1) is 18.7. The fourth-order valence-corrected chi connectivity index (χ4v) is 6.52. The summed E-state index contributed by atoms with van der Waals surface area (Å²) in [6.45, 7) is 2.70. The number of hydrogen-bond acceptors (Lipinski definition) is 5. The van der Waals surface area contributed by atoms with E-state index in [9.17, 15) is 9.59 Å². The minimum Gasteiger partial charge on any atom is -0.378 e. The smallest absolute Gasteiger partial charge is 0.259 e. The molecule has 0 radical (unpaired) electrons. The molecule has 0 atom stereocenters. The van der Waals surface area contributed by atoms with Crippen LogP contribution in [-0.2, 0) is 28.9 Å². The first-order valence-electron chi connectivity index (χ1n) is 13.2. The lowest BCUT2D eigenvalue weighted by atomic mass is 9.95. The van der Waals surface area contributed by atoms with Gasteiger partial charge >= 0.3 is 0 Å². The number of anilines is 1. The van der Waals surface area contributed by atoms with E-state index in [0.29, 0.717) is 31.9 Å². The molecule has 4 aromatic rings. The lowest BCUT2D eigenvalue weighted by molar-refractivity contribution is -0.135. The maximum absolute atomic E-state index is 13.4. The molecular formula is C30H30N4O3S. The number of carbonyl (C=O) groups excluding carboxylic acids is 2. The Labute approximate surface area is 225 Å². The number of nitrogens with one attached hydrogen (secondary N) is 1. The molecule has 8 heteroatoms. The van der Waals surface area contributed by atoms with Crippen LogP contribution in [0.25, 0.3) is 10.9 Å². The molecule has 1 aliphatic heterocycles. The summed E-state index contributed by atoms with van der Waals surface area (Å²) < 4.78 is 7.39. The second-order valence-electron chi connectivity index (χ2n) is 9.69. The highest BCUT2D eigenvalue weighted by molar-refractivity contribution is 7.16. The number of carbonyl (C=O) groups is 2. The molecule has 0 spiro atoms. The first kappa shape index (κ1) is 24.6. The van der Waals surface area contributed by atoms with Gasteiger partial charge in [-0.3, -0.25) is 9.59 Å². The average Bonchev–Trinajstić information content (AvgIpc) is 3.51. The maximum atomic E-state index is 13.4. The van der Waals surface area contributed by atoms with Gasteiger partial charge in [-0.2, -0.15) is 0 Å². The number of morpholine rings is 1. The highest BCUT2D eigenvalue weighted by atomic mass is 32.1. The van der Waals surface area contributed by atoms with Crippen molar-refractivity contribution in [1.82, 2.24) is 9.47 Å². The summed E-state index contributed by atoms with van der Waals surface area (Å²) in [5, 5.41) is 4.83. The molecular weight excluding hydrogens is 496 g/mol. The summed E-state index contributed by atoms with van der Waals surface area (Å²) in [6, 6.07) is 17.6. The first-order valence-corrected chi connectivity index (χ1v) is 14.0. The molecule has 1 aliphatic carbocycles. The van der Waals surface area contributed by atoms with Crippen LogP contribution in [0.4, 0.5) is 10.7 Å². The Morgan fingerprint density at radius 3 is 2.61 bits per heavy atom. The molecule has 2 aromatic heterocycles. The quantitative estimate of drug-likeness (QED) is 0.340. The Hall–Kier alpha value is -3.75. The molecule has 2 amide bonds. The van der Waals surface area contributed by atoms with Crippen molar-refractivity contribution in [3.8, 4) is 0 Å². The van der Waals surface area contributed by atoms with Crippen molar-refractivity contribution < 1.29 is 14.3 Å². The lowest BCUT2D eigenvalue weighted by Crippen LogP contribution is -2.42. The molecule has 1 fully saturated rings. The summed E-state index contributed by atoms with van der Waals surface area (Å²) in [6.07, 6.45) is 7.95. The van der Waals surface area contributed by atoms with Crippen LogP contribution in [0.2, 0.25) is 0 Å². The van der Waals surface area contributed by atoms with Gasteiger partial charge in [-0.05, 0) is 49.4 Å². The Morgan fingerprint density at radius 1 is 1.00 bits per heavy atom. The molecule has 3 heterocycles. The zero-order valence-electron chi connectivity index (χ0n) is 21.2. The minimum atomic E-state index is -0.110. The fourth-order valence-electron chi connectivity index (χ4n) is 5.29. The zero-order valence-corrected chi connectivity index (χ0v) is 22.0. The van der Waals surface area contributed by atoms with Crippen LogP contribution in [0.1, 0.15) is 39.2 Å². The van der Waals surface area contributed by atoms with E-state index in [1.54, 1.807) is 11.3 Å². The number of fused-ring (bicyclic) bond motifs is 2. The standard InChI is InChI=1S/C30H30N4O3S/c35-27(33-14-16-37-17-15-33)20-34-19-21(23-10-4-6-12-25(23)34)18-31-30-28(24-11-5-7-13-26(24)38-30)29(36)32-22-8-2-1-3-9-22/h1-4,6,8-10,12,18-19H,5,7,11,13-17,20H2,(H,32,36). The van der Waals surface area contributed by atoms with Gasteiger partial charge in [0.2, 0.25) is 5.91 Å². The fraction of sp³-hybridized carbons (Fsp3) is 0.300. The number of para-hydroxylation sites is 2. The Bertz CT molecular complexity index is 1500. The van der Waals surface area contributed by atoms with Gasteiger partial charge in [-0.25, -0.2) is 4.99 Å². The number of nitrogens with zero attached hydrogens (tertiary/aromatic N) is 3. The lowest BCUT2D eigenvalue weighted by Gasteiger charge is -2.27. The maximum Gasteiger partial charge on any atom is 0.259 e. The van der Waals surface area contributed by atoms with Crippen molar-refractivity contribution in [2.75, 3.05) is 31.6 Å². The van der Waals surface area contributed by atoms with E-state index in [0.717, 1.165) is 58.4 Å². The molecule has 1 saturated heterocycles. The van der Waals surface area contributed by atoms with E-state index < -0.39 is 0 Å². The zero-order chi connectivity index (χ0) is 25.9. The second kappa shape index (κ2) is 10.9. The number of aliphatic imine (C=N–C) groups is 1. The van der Waals surface area contributed by atoms with E-state index in [1.807, 2.05) is 70.4 Å². The van der Waals surface area contributed by atoms with Crippen molar-refractivity contribution in [1.29, 1.82) is 0 Å². The van der Waals surface area contributed by atoms with Crippen LogP contribution in [0.3, 0.4) is 0 Å². The molecule has 7 nitrogen and oxygen atoms in total. The summed E-state index contributed by atoms with van der Waals surface area (Å²) >= 11 is 1.62. The van der Waals surface area contributed by atoms with Crippen LogP contribution < -0.4 is 5.32 Å². The van der Waals surface area contributed by atoms with E-state index in [-0.39, 0.29) is 18.4 Å². The van der Waals surface area contributed by atoms with E-state index in [1.165, 1.54) is 4.88 Å². The molecule has 38 heavy (non-hydrogen) atoms. The average molecular weight is 527 g/mol.